The number of nitrogens with zero attached hydrogens (tertiary/aromatic N) is 2. The quantitative estimate of drug-likeness (QED) is 0.0348. The van der Waals surface area contributed by atoms with Gasteiger partial charge in [-0.3, -0.25) is 0 Å². The van der Waals surface area contributed by atoms with Gasteiger partial charge in [-0.05, 0) is 48.6 Å². The SMILES string of the molecule is C[C@@H]1[C@@H](O)[C@H](O)CO[C@H]1Sc1c(F)c(F)c(-c2c3nc(c(-c4c(F)c(F)c(F)c(F)c4F)c4ccc([nH]4)c(-c4c(F)c(F)c(S[C@@H]5OC[C@@H](O)[C@H](O)[C@H]5O)c(F)c4F)c4nc(c(-c5c(F)c(F)c(S[C@@H]6OC[C@@H](O)[C@H](O)[C@H]6O)c(F)c5F)c5ccc2[nH]5)C=C4)C=C3)c(F)c1F. The number of halogens is 17. The van der Waals surface area contributed by atoms with Gasteiger partial charge in [0.05, 0.1) is 85.6 Å². The van der Waals surface area contributed by atoms with Crippen LogP contribution in [0.2, 0.25) is 0 Å². The van der Waals surface area contributed by atoms with E-state index in [4.69, 9.17) is 14.2 Å². The first-order chi connectivity index (χ1) is 44.9. The minimum absolute atomic E-state index is 0.000862. The zero-order valence-electron chi connectivity index (χ0n) is 47.0. The number of hydrogen-bond donors (Lipinski definition) is 10. The van der Waals surface area contributed by atoms with Gasteiger partial charge in [-0.25, -0.2) is 84.6 Å². The number of ether oxygens (including phenoxy) is 3. The summed E-state index contributed by atoms with van der Waals surface area (Å²) >= 11 is -0.477. The van der Waals surface area contributed by atoms with E-state index in [1.807, 2.05) is 0 Å². The summed E-state index contributed by atoms with van der Waals surface area (Å²) < 4.78 is 298. The van der Waals surface area contributed by atoms with Crippen molar-refractivity contribution in [3.63, 3.8) is 0 Å². The van der Waals surface area contributed by atoms with Crippen LogP contribution in [0.25, 0.3) is 90.9 Å². The third-order valence-electron chi connectivity index (χ3n) is 16.0. The summed E-state index contributed by atoms with van der Waals surface area (Å²) in [6.45, 7) is -0.971. The number of aliphatic hydroxyl groups excluding tert-OH is 8. The van der Waals surface area contributed by atoms with Crippen LogP contribution in [0.5, 0.6) is 0 Å². The van der Waals surface area contributed by atoms with Gasteiger partial charge in [0, 0.05) is 50.2 Å². The molecule has 0 spiro atoms. The number of rotatable bonds is 10. The second-order valence-corrected chi connectivity index (χ2v) is 25.1. The molecule has 95 heavy (non-hydrogen) atoms. The van der Waals surface area contributed by atoms with Gasteiger partial charge in [-0.2, -0.15) is 0 Å². The monoisotopic (exact) mass is 1410 g/mol. The summed E-state index contributed by atoms with van der Waals surface area (Å²) in [7, 11) is 0. The molecule has 8 bridgehead atoms. The number of aliphatic hydroxyl groups is 8. The maximum absolute atomic E-state index is 17.3. The van der Waals surface area contributed by atoms with E-state index in [0.29, 0.717) is 48.6 Å². The van der Waals surface area contributed by atoms with Gasteiger partial charge in [-0.1, -0.05) is 42.2 Å². The number of aromatic amines is 2. The summed E-state index contributed by atoms with van der Waals surface area (Å²) in [4.78, 5) is 8.51. The van der Waals surface area contributed by atoms with Crippen molar-refractivity contribution in [1.29, 1.82) is 0 Å². The highest BCUT2D eigenvalue weighted by molar-refractivity contribution is 8.00. The van der Waals surface area contributed by atoms with Crippen LogP contribution < -0.4 is 0 Å². The van der Waals surface area contributed by atoms with Crippen molar-refractivity contribution in [1.82, 2.24) is 19.9 Å². The Bertz CT molecular complexity index is 4410. The fraction of sp³-hybridized carbons (Fsp3) is 0.267. The molecule has 3 fully saturated rings. The smallest absolute Gasteiger partial charge is 0.200 e. The third-order valence-corrected chi connectivity index (χ3v) is 19.9. The van der Waals surface area contributed by atoms with Crippen molar-refractivity contribution >= 4 is 81.7 Å². The number of nitrogens with one attached hydrogen (secondary N) is 2. The summed E-state index contributed by atoms with van der Waals surface area (Å²) in [5, 5.41) is 82.1. The first-order valence-corrected chi connectivity index (χ1v) is 30.1. The molecule has 35 heteroatoms. The molecule has 0 aliphatic carbocycles. The number of hydrogen-bond acceptors (Lipinski definition) is 16. The molecule has 12 atom stereocenters. The van der Waals surface area contributed by atoms with Gasteiger partial charge in [-0.15, -0.1) is 0 Å². The van der Waals surface area contributed by atoms with Crippen molar-refractivity contribution < 1.29 is 130 Å². The van der Waals surface area contributed by atoms with Crippen molar-refractivity contribution in [3.05, 3.63) is 146 Å². The molecule has 5 aliphatic rings. The molecule has 0 unspecified atom stereocenters. The van der Waals surface area contributed by atoms with E-state index in [0.717, 1.165) is 0 Å². The van der Waals surface area contributed by atoms with Gasteiger partial charge >= 0.3 is 0 Å². The average Bonchev–Trinajstić information content (AvgIpc) is 1.68. The van der Waals surface area contributed by atoms with E-state index < -0.39 is 294 Å². The zero-order valence-corrected chi connectivity index (χ0v) is 49.5. The molecule has 10 N–H and O–H groups in total. The fourth-order valence-electron chi connectivity index (χ4n) is 11.1. The van der Waals surface area contributed by atoms with E-state index >= 15 is 70.2 Å². The highest BCUT2D eigenvalue weighted by atomic mass is 32.2. The largest absolute Gasteiger partial charge is 0.390 e. The van der Waals surface area contributed by atoms with Crippen molar-refractivity contribution in [2.45, 2.75) is 86.7 Å². The predicted octanol–water partition coefficient (Wildman–Crippen LogP) is 10.6. The van der Waals surface area contributed by atoms with Gasteiger partial charge in [0.25, 0.3) is 0 Å². The standard InChI is InChI=1S/C60H39F17N4O11S3/c1-13-50(85)22(82)10-90-58(13)93-55-44(72)35(63)30(36(64)45(55)73)26-16-4-2-14(78-16)25(29-33(61)41(69)43(71)42(70)34(29)62)15-3-5-17(79-15)27(31-37(65)46(74)56(47(75)38(31)66)94-59-53(88)51(86)23(83)11-91-59)19-8-9-21(81-19)28(20-7-6-18(26)80-20)32-39(67)48(76)57(49(77)40(32)68)95-60-54(89)52(87)24(84)12-92-60/h2-9,13,22-24,50-54,58-60,79-80,82-89H,10-12H2,1H3/t13-,22-,23-,24-,50-,51+,52+,53-,54-,58+,59+,60+/m1/s1. The van der Waals surface area contributed by atoms with Crippen LogP contribution in [-0.2, 0) is 14.2 Å². The molecule has 15 nitrogen and oxygen atoms in total. The van der Waals surface area contributed by atoms with E-state index in [9.17, 15) is 45.2 Å². The summed E-state index contributed by atoms with van der Waals surface area (Å²) in [5.74, 6) is -42.2. The van der Waals surface area contributed by atoms with E-state index in [1.54, 1.807) is 0 Å². The Kier molecular flexibility index (Phi) is 18.4. The normalized spacial score (nSPS) is 24.5. The maximum Gasteiger partial charge on any atom is 0.200 e. The number of fused-ring (bicyclic) bond motifs is 8. The molecular formula is C60H39F17N4O11S3. The number of benzene rings is 4. The van der Waals surface area contributed by atoms with Gasteiger partial charge in [0.1, 0.15) is 59.0 Å². The fourth-order valence-corrected chi connectivity index (χ4v) is 14.4. The van der Waals surface area contributed by atoms with Gasteiger partial charge in [0.2, 0.25) is 5.82 Å². The van der Waals surface area contributed by atoms with Crippen LogP contribution in [0.4, 0.5) is 74.6 Å². The molecule has 7 aromatic rings. The lowest BCUT2D eigenvalue weighted by Gasteiger charge is -2.36. The van der Waals surface area contributed by atoms with Crippen LogP contribution in [0.15, 0.2) is 39.0 Å². The molecule has 3 aromatic heterocycles. The lowest BCUT2D eigenvalue weighted by atomic mass is 9.98. The lowest BCUT2D eigenvalue weighted by molar-refractivity contribution is -0.161. The second kappa shape index (κ2) is 25.7. The van der Waals surface area contributed by atoms with Crippen LogP contribution in [0, 0.1) is 105 Å². The first kappa shape index (κ1) is 67.9. The van der Waals surface area contributed by atoms with Crippen molar-refractivity contribution in [2.24, 2.45) is 5.92 Å². The van der Waals surface area contributed by atoms with Crippen LogP contribution in [-0.4, -0.2) is 146 Å². The molecule has 502 valence electrons. The van der Waals surface area contributed by atoms with Crippen LogP contribution in [0.1, 0.15) is 29.7 Å². The summed E-state index contributed by atoms with van der Waals surface area (Å²) in [5.41, 5.74) is -25.4. The molecule has 8 heterocycles. The molecule has 0 amide bonds. The Morgan fingerprint density at radius 2 is 0.547 bits per heavy atom. The maximum atomic E-state index is 17.3. The molecule has 3 saturated heterocycles. The van der Waals surface area contributed by atoms with Crippen molar-refractivity contribution in [2.75, 3.05) is 19.8 Å². The molecule has 0 saturated carbocycles. The van der Waals surface area contributed by atoms with Crippen LogP contribution in [0.3, 0.4) is 0 Å². The Balaban J connectivity index is 1.20. The van der Waals surface area contributed by atoms with Crippen molar-refractivity contribution in [3.8, 4) is 44.5 Å². The second-order valence-electron chi connectivity index (χ2n) is 21.8. The topological polar surface area (TPSA) is 247 Å². The Morgan fingerprint density at radius 1 is 0.316 bits per heavy atom. The van der Waals surface area contributed by atoms with E-state index in [1.165, 1.54) is 6.92 Å². The third kappa shape index (κ3) is 11.3. The van der Waals surface area contributed by atoms with E-state index in [-0.39, 0.29) is 35.3 Å². The first-order valence-electron chi connectivity index (χ1n) is 27.5. The van der Waals surface area contributed by atoms with E-state index in [2.05, 4.69) is 19.9 Å². The minimum atomic E-state index is -2.73. The highest BCUT2D eigenvalue weighted by Crippen LogP contribution is 2.49. The lowest BCUT2D eigenvalue weighted by Crippen LogP contribution is -2.51. The predicted molar refractivity (Wildman–Crippen MR) is 304 cm³/mol. The average molecular weight is 1410 g/mol. The molecule has 12 rings (SSSR count). The minimum Gasteiger partial charge on any atom is -0.390 e. The number of H-pyrrole nitrogens is 2. The Labute approximate surface area is 532 Å². The van der Waals surface area contributed by atoms with Gasteiger partial charge in [0.15, 0.2) is 93.1 Å². The highest BCUT2D eigenvalue weighted by Gasteiger charge is 2.44. The summed E-state index contributed by atoms with van der Waals surface area (Å²) in [6, 6.07) is 2.75. The molecular weight excluding hydrogens is 1370 g/mol. The number of aromatic nitrogens is 4. The van der Waals surface area contributed by atoms with Gasteiger partial charge < -0.3 is 65.0 Å². The molecule has 4 aromatic carbocycles. The Morgan fingerprint density at radius 3 is 0.832 bits per heavy atom. The molecule has 0 radical (unpaired) electrons. The van der Waals surface area contributed by atoms with Crippen LogP contribution >= 0.6 is 35.3 Å². The zero-order chi connectivity index (χ0) is 68.6. The Hall–Kier alpha value is -7.10. The molecule has 5 aliphatic heterocycles. The number of thioether (sulfide) groups is 3. The summed E-state index contributed by atoms with van der Waals surface area (Å²) in [6.07, 6.45) is -12.4.